The van der Waals surface area contributed by atoms with E-state index in [1.165, 1.54) is 0 Å². The number of nitrogens with zero attached hydrogens (tertiary/aromatic N) is 7. The van der Waals surface area contributed by atoms with Gasteiger partial charge in [0.15, 0.2) is 0 Å². The fraction of sp³-hybridized carbons (Fsp3) is 0.316. The lowest BCUT2D eigenvalue weighted by atomic mass is 10.0. The Morgan fingerprint density at radius 1 is 1.22 bits per heavy atom. The van der Waals surface area contributed by atoms with Gasteiger partial charge in [0, 0.05) is 55.9 Å². The Bertz CT molecular complexity index is 996. The number of nitriles is 1. The SMILES string of the molecule is CCCn1cc(-c2cc(-c3cnc(N(C)C)nc3)c(C#N)c(N)n2)c(C)n1. The molecule has 0 atom stereocenters. The molecule has 0 saturated heterocycles. The normalized spacial score (nSPS) is 10.6. The molecule has 0 radical (unpaired) electrons. The summed E-state index contributed by atoms with van der Waals surface area (Å²) in [6, 6.07) is 3.99. The summed E-state index contributed by atoms with van der Waals surface area (Å²) in [6.07, 6.45) is 6.33. The lowest BCUT2D eigenvalue weighted by Crippen LogP contribution is -2.12. The van der Waals surface area contributed by atoms with Crippen molar-refractivity contribution in [3.63, 3.8) is 0 Å². The molecule has 3 heterocycles. The molecule has 3 aromatic rings. The van der Waals surface area contributed by atoms with E-state index < -0.39 is 0 Å². The molecule has 138 valence electrons. The third kappa shape index (κ3) is 3.58. The van der Waals surface area contributed by atoms with Crippen LogP contribution in [0.5, 0.6) is 0 Å². The van der Waals surface area contributed by atoms with Crippen molar-refractivity contribution in [2.75, 3.05) is 24.7 Å². The van der Waals surface area contributed by atoms with Gasteiger partial charge >= 0.3 is 0 Å². The summed E-state index contributed by atoms with van der Waals surface area (Å²) in [5.74, 6) is 0.778. The van der Waals surface area contributed by atoms with E-state index in [0.29, 0.717) is 28.3 Å². The molecule has 8 heteroatoms. The highest BCUT2D eigenvalue weighted by Gasteiger charge is 2.17. The van der Waals surface area contributed by atoms with Gasteiger partial charge in [-0.05, 0) is 19.4 Å². The van der Waals surface area contributed by atoms with Crippen molar-refractivity contribution in [3.05, 3.63) is 35.9 Å². The van der Waals surface area contributed by atoms with Crippen molar-refractivity contribution >= 4 is 11.8 Å². The molecule has 3 rings (SSSR count). The predicted octanol–water partition coefficient (Wildman–Crippen LogP) is 2.64. The first-order chi connectivity index (χ1) is 12.9. The largest absolute Gasteiger partial charge is 0.383 e. The highest BCUT2D eigenvalue weighted by atomic mass is 15.3. The topological polar surface area (TPSA) is 110 Å². The van der Waals surface area contributed by atoms with Crippen LogP contribution in [0, 0.1) is 18.3 Å². The molecule has 0 unspecified atom stereocenters. The number of pyridine rings is 1. The average Bonchev–Trinajstić information content (AvgIpc) is 3.01. The summed E-state index contributed by atoms with van der Waals surface area (Å²) in [5.41, 5.74) is 10.2. The Morgan fingerprint density at radius 3 is 2.52 bits per heavy atom. The smallest absolute Gasteiger partial charge is 0.224 e. The number of hydrogen-bond acceptors (Lipinski definition) is 7. The second-order valence-electron chi connectivity index (χ2n) is 6.48. The number of rotatable bonds is 5. The molecule has 0 saturated carbocycles. The molecule has 0 amide bonds. The van der Waals surface area contributed by atoms with Crippen LogP contribution < -0.4 is 10.6 Å². The Hall–Kier alpha value is -3.47. The molecule has 0 aromatic carbocycles. The summed E-state index contributed by atoms with van der Waals surface area (Å²) in [7, 11) is 3.74. The van der Waals surface area contributed by atoms with Crippen LogP contribution in [-0.4, -0.2) is 38.8 Å². The van der Waals surface area contributed by atoms with Crippen LogP contribution >= 0.6 is 0 Å². The Morgan fingerprint density at radius 2 is 1.93 bits per heavy atom. The number of hydrogen-bond donors (Lipinski definition) is 1. The minimum absolute atomic E-state index is 0.185. The Labute approximate surface area is 158 Å². The molecule has 0 bridgehead atoms. The molecular formula is C19H22N8. The number of anilines is 2. The summed E-state index contributed by atoms with van der Waals surface area (Å²) < 4.78 is 1.90. The van der Waals surface area contributed by atoms with Crippen LogP contribution in [0.15, 0.2) is 24.7 Å². The van der Waals surface area contributed by atoms with Crippen LogP contribution in [-0.2, 0) is 6.54 Å². The standard InChI is InChI=1S/C19H22N8/c1-5-6-27-11-16(12(2)25-27)17-7-14(15(8-20)18(21)24-17)13-9-22-19(23-10-13)26(3)4/h7,9-11H,5-6H2,1-4H3,(H2,21,24). The maximum absolute atomic E-state index is 9.56. The molecule has 0 aliphatic rings. The van der Waals surface area contributed by atoms with Gasteiger partial charge in [-0.2, -0.15) is 10.4 Å². The van der Waals surface area contributed by atoms with E-state index in [-0.39, 0.29) is 5.82 Å². The highest BCUT2D eigenvalue weighted by Crippen LogP contribution is 2.31. The fourth-order valence-corrected chi connectivity index (χ4v) is 2.85. The maximum atomic E-state index is 9.56. The van der Waals surface area contributed by atoms with Gasteiger partial charge < -0.3 is 10.6 Å². The third-order valence-corrected chi connectivity index (χ3v) is 4.18. The first-order valence-electron chi connectivity index (χ1n) is 8.69. The van der Waals surface area contributed by atoms with Crippen molar-refractivity contribution in [2.24, 2.45) is 0 Å². The van der Waals surface area contributed by atoms with Gasteiger partial charge in [-0.15, -0.1) is 0 Å². The molecule has 0 spiro atoms. The zero-order valence-corrected chi connectivity index (χ0v) is 15.9. The van der Waals surface area contributed by atoms with Crippen molar-refractivity contribution in [2.45, 2.75) is 26.8 Å². The third-order valence-electron chi connectivity index (χ3n) is 4.18. The second-order valence-corrected chi connectivity index (χ2v) is 6.48. The molecule has 2 N–H and O–H groups in total. The van der Waals surface area contributed by atoms with Gasteiger partial charge in [-0.3, -0.25) is 4.68 Å². The minimum atomic E-state index is 0.185. The minimum Gasteiger partial charge on any atom is -0.383 e. The zero-order valence-electron chi connectivity index (χ0n) is 15.9. The van der Waals surface area contributed by atoms with Crippen LogP contribution in [0.2, 0.25) is 0 Å². The quantitative estimate of drug-likeness (QED) is 0.743. The monoisotopic (exact) mass is 362 g/mol. The Balaban J connectivity index is 2.13. The number of aromatic nitrogens is 5. The van der Waals surface area contributed by atoms with Crippen LogP contribution in [0.1, 0.15) is 24.6 Å². The molecule has 0 aliphatic heterocycles. The van der Waals surface area contributed by atoms with E-state index in [1.807, 2.05) is 42.9 Å². The predicted molar refractivity (Wildman–Crippen MR) is 105 cm³/mol. The summed E-state index contributed by atoms with van der Waals surface area (Å²) in [5, 5.41) is 14.1. The summed E-state index contributed by atoms with van der Waals surface area (Å²) in [6.45, 7) is 4.87. The molecule has 27 heavy (non-hydrogen) atoms. The zero-order chi connectivity index (χ0) is 19.6. The second kappa shape index (κ2) is 7.41. The van der Waals surface area contributed by atoms with Gasteiger partial charge in [0.25, 0.3) is 0 Å². The molecule has 0 fully saturated rings. The van der Waals surface area contributed by atoms with Gasteiger partial charge in [-0.25, -0.2) is 15.0 Å². The fourth-order valence-electron chi connectivity index (χ4n) is 2.85. The van der Waals surface area contributed by atoms with Gasteiger partial charge in [0.05, 0.1) is 11.4 Å². The first kappa shape index (κ1) is 18.3. The van der Waals surface area contributed by atoms with Gasteiger partial charge in [-0.1, -0.05) is 6.92 Å². The molecule has 8 nitrogen and oxygen atoms in total. The van der Waals surface area contributed by atoms with Crippen LogP contribution in [0.4, 0.5) is 11.8 Å². The number of nitrogen functional groups attached to an aromatic ring is 1. The average molecular weight is 362 g/mol. The van der Waals surface area contributed by atoms with E-state index in [4.69, 9.17) is 5.73 Å². The van der Waals surface area contributed by atoms with Crippen LogP contribution in [0.3, 0.4) is 0 Å². The first-order valence-corrected chi connectivity index (χ1v) is 8.69. The Kier molecular flexibility index (Phi) is 5.03. The summed E-state index contributed by atoms with van der Waals surface area (Å²) in [4.78, 5) is 14.9. The molecular weight excluding hydrogens is 340 g/mol. The number of aryl methyl sites for hydroxylation is 2. The van der Waals surface area contributed by atoms with E-state index >= 15 is 0 Å². The maximum Gasteiger partial charge on any atom is 0.224 e. The molecule has 3 aromatic heterocycles. The highest BCUT2D eigenvalue weighted by molar-refractivity contribution is 5.80. The van der Waals surface area contributed by atoms with Gasteiger partial charge in [0.1, 0.15) is 17.5 Å². The van der Waals surface area contributed by atoms with Gasteiger partial charge in [0.2, 0.25) is 5.95 Å². The molecule has 0 aliphatic carbocycles. The van der Waals surface area contributed by atoms with Crippen molar-refractivity contribution in [1.29, 1.82) is 5.26 Å². The lowest BCUT2D eigenvalue weighted by Gasteiger charge is -2.12. The summed E-state index contributed by atoms with van der Waals surface area (Å²) >= 11 is 0. The lowest BCUT2D eigenvalue weighted by molar-refractivity contribution is 0.598. The van der Waals surface area contributed by atoms with E-state index in [2.05, 4.69) is 33.0 Å². The van der Waals surface area contributed by atoms with E-state index in [9.17, 15) is 5.26 Å². The van der Waals surface area contributed by atoms with Crippen molar-refractivity contribution < 1.29 is 0 Å². The van der Waals surface area contributed by atoms with Crippen molar-refractivity contribution in [3.8, 4) is 28.5 Å². The van der Waals surface area contributed by atoms with E-state index in [1.54, 1.807) is 12.4 Å². The van der Waals surface area contributed by atoms with Crippen LogP contribution in [0.25, 0.3) is 22.4 Å². The van der Waals surface area contributed by atoms with E-state index in [0.717, 1.165) is 24.2 Å². The number of nitrogens with two attached hydrogens (primary N) is 1. The van der Waals surface area contributed by atoms with Crippen molar-refractivity contribution in [1.82, 2.24) is 24.7 Å².